The third kappa shape index (κ3) is 5.21. The summed E-state index contributed by atoms with van der Waals surface area (Å²) in [5.74, 6) is 0.659. The second-order valence-corrected chi connectivity index (χ2v) is 10.6. The summed E-state index contributed by atoms with van der Waals surface area (Å²) >= 11 is 4.39. The Hall–Kier alpha value is -2.88. The Morgan fingerprint density at radius 1 is 1.03 bits per heavy atom. The van der Waals surface area contributed by atoms with E-state index in [4.69, 9.17) is 0 Å². The standard InChI is InChI=1S/C24H20N4O2S3/c29-21(14-31-22-7-3-4-11-25-22)26-17-8-9-18-20(13-17)33-24(27-18)32-15-23(30)28-12-10-16-5-1-2-6-19(16)28/h1-9,11,13H,10,12,14-15H2,(H,26,29). The molecule has 2 aromatic heterocycles. The Morgan fingerprint density at radius 2 is 1.91 bits per heavy atom. The molecule has 1 aliphatic rings. The fraction of sp³-hybridized carbons (Fsp3) is 0.167. The second-order valence-electron chi connectivity index (χ2n) is 7.38. The molecule has 9 heteroatoms. The molecule has 3 heterocycles. The molecule has 1 aliphatic heterocycles. The molecule has 0 spiro atoms. The minimum atomic E-state index is -0.0828. The van der Waals surface area contributed by atoms with Gasteiger partial charge in [0, 0.05) is 24.1 Å². The lowest BCUT2D eigenvalue weighted by Gasteiger charge is -2.16. The molecule has 2 aromatic carbocycles. The number of thioether (sulfide) groups is 2. The highest BCUT2D eigenvalue weighted by Gasteiger charge is 2.24. The number of hydrogen-bond acceptors (Lipinski definition) is 7. The normalized spacial score (nSPS) is 12.7. The van der Waals surface area contributed by atoms with Crippen LogP contribution in [0.2, 0.25) is 0 Å². The molecule has 0 saturated heterocycles. The summed E-state index contributed by atoms with van der Waals surface area (Å²) in [7, 11) is 0. The number of carbonyl (C=O) groups is 2. The van der Waals surface area contributed by atoms with E-state index in [1.54, 1.807) is 6.20 Å². The van der Waals surface area contributed by atoms with Gasteiger partial charge in [-0.1, -0.05) is 47.8 Å². The molecule has 1 N–H and O–H groups in total. The van der Waals surface area contributed by atoms with E-state index in [2.05, 4.69) is 21.4 Å². The van der Waals surface area contributed by atoms with Crippen LogP contribution in [0.4, 0.5) is 11.4 Å². The molecule has 0 radical (unpaired) electrons. The van der Waals surface area contributed by atoms with Crippen LogP contribution < -0.4 is 10.2 Å². The van der Waals surface area contributed by atoms with Crippen LogP contribution in [0.25, 0.3) is 10.2 Å². The van der Waals surface area contributed by atoms with Gasteiger partial charge in [0.1, 0.15) is 0 Å². The molecule has 0 saturated carbocycles. The van der Waals surface area contributed by atoms with Crippen molar-refractivity contribution < 1.29 is 9.59 Å². The number of para-hydroxylation sites is 1. The number of amides is 2. The van der Waals surface area contributed by atoms with Gasteiger partial charge in [0.15, 0.2) is 4.34 Å². The number of anilines is 2. The average molecular weight is 493 g/mol. The lowest BCUT2D eigenvalue weighted by Crippen LogP contribution is -2.30. The number of carbonyl (C=O) groups excluding carboxylic acids is 2. The van der Waals surface area contributed by atoms with Crippen molar-refractivity contribution in [3.8, 4) is 0 Å². The van der Waals surface area contributed by atoms with Crippen LogP contribution >= 0.6 is 34.9 Å². The average Bonchev–Trinajstić information content (AvgIpc) is 3.45. The minimum absolute atomic E-state index is 0.0828. The predicted octanol–water partition coefficient (Wildman–Crippen LogP) is 5.10. The first kappa shape index (κ1) is 21.9. The number of benzene rings is 2. The maximum absolute atomic E-state index is 12.8. The summed E-state index contributed by atoms with van der Waals surface area (Å²) in [5.41, 5.74) is 3.85. The summed E-state index contributed by atoms with van der Waals surface area (Å²) in [6, 6.07) is 19.4. The van der Waals surface area contributed by atoms with Crippen LogP contribution in [0.3, 0.4) is 0 Å². The number of thiazole rings is 1. The number of aromatic nitrogens is 2. The zero-order chi connectivity index (χ0) is 22.6. The first-order valence-corrected chi connectivity index (χ1v) is 13.2. The van der Waals surface area contributed by atoms with Crippen LogP contribution in [0.5, 0.6) is 0 Å². The van der Waals surface area contributed by atoms with Gasteiger partial charge in [-0.25, -0.2) is 9.97 Å². The van der Waals surface area contributed by atoms with Crippen molar-refractivity contribution in [3.63, 3.8) is 0 Å². The third-order valence-electron chi connectivity index (χ3n) is 5.15. The lowest BCUT2D eigenvalue weighted by molar-refractivity contribution is -0.116. The number of rotatable bonds is 7. The number of pyridine rings is 1. The number of nitrogens with one attached hydrogen (secondary N) is 1. The summed E-state index contributed by atoms with van der Waals surface area (Å²) < 4.78 is 1.83. The molecule has 2 amide bonds. The molecular formula is C24H20N4O2S3. The molecule has 5 rings (SSSR count). The summed E-state index contributed by atoms with van der Waals surface area (Å²) in [4.78, 5) is 35.8. The highest BCUT2D eigenvalue weighted by molar-refractivity contribution is 8.01. The van der Waals surface area contributed by atoms with Crippen LogP contribution in [0.15, 0.2) is 76.2 Å². The van der Waals surface area contributed by atoms with E-state index in [1.165, 1.54) is 40.4 Å². The highest BCUT2D eigenvalue weighted by Crippen LogP contribution is 2.33. The van der Waals surface area contributed by atoms with Crippen LogP contribution in [0.1, 0.15) is 5.56 Å². The molecule has 166 valence electrons. The summed E-state index contributed by atoms with van der Waals surface area (Å²) in [6.45, 7) is 0.736. The van der Waals surface area contributed by atoms with E-state index in [0.717, 1.165) is 43.9 Å². The fourth-order valence-corrected chi connectivity index (χ4v) is 6.26. The zero-order valence-electron chi connectivity index (χ0n) is 17.6. The highest BCUT2D eigenvalue weighted by atomic mass is 32.2. The van der Waals surface area contributed by atoms with Gasteiger partial charge in [0.2, 0.25) is 11.8 Å². The van der Waals surface area contributed by atoms with Gasteiger partial charge in [-0.2, -0.15) is 0 Å². The topological polar surface area (TPSA) is 75.2 Å². The Labute approximate surface area is 203 Å². The van der Waals surface area contributed by atoms with Gasteiger partial charge in [0.25, 0.3) is 0 Å². The van der Waals surface area contributed by atoms with E-state index in [9.17, 15) is 9.59 Å². The first-order chi connectivity index (χ1) is 16.2. The van der Waals surface area contributed by atoms with Crippen molar-refractivity contribution in [2.24, 2.45) is 0 Å². The first-order valence-electron chi connectivity index (χ1n) is 10.4. The van der Waals surface area contributed by atoms with Gasteiger partial charge in [-0.05, 0) is 48.4 Å². The van der Waals surface area contributed by atoms with E-state index in [-0.39, 0.29) is 11.8 Å². The number of fused-ring (bicyclic) bond motifs is 2. The van der Waals surface area contributed by atoms with E-state index >= 15 is 0 Å². The minimum Gasteiger partial charge on any atom is -0.325 e. The largest absolute Gasteiger partial charge is 0.325 e. The van der Waals surface area contributed by atoms with Gasteiger partial charge >= 0.3 is 0 Å². The Balaban J connectivity index is 1.18. The quantitative estimate of drug-likeness (QED) is 0.362. The SMILES string of the molecule is O=C(CSc1ccccn1)Nc1ccc2nc(SCC(=O)N3CCc4ccccc43)sc2c1. The van der Waals surface area contributed by atoms with Crippen LogP contribution in [-0.2, 0) is 16.0 Å². The molecule has 0 atom stereocenters. The maximum atomic E-state index is 12.8. The van der Waals surface area contributed by atoms with E-state index in [1.807, 2.05) is 59.5 Å². The Kier molecular flexibility index (Phi) is 6.61. The lowest BCUT2D eigenvalue weighted by atomic mass is 10.2. The van der Waals surface area contributed by atoms with Gasteiger partial charge in [0.05, 0.1) is 26.7 Å². The molecule has 6 nitrogen and oxygen atoms in total. The molecule has 4 aromatic rings. The molecule has 0 fully saturated rings. The predicted molar refractivity (Wildman–Crippen MR) is 136 cm³/mol. The van der Waals surface area contributed by atoms with Crippen molar-refractivity contribution in [2.75, 3.05) is 28.3 Å². The molecule has 0 aliphatic carbocycles. The second kappa shape index (κ2) is 9.94. The van der Waals surface area contributed by atoms with Crippen molar-refractivity contribution in [3.05, 3.63) is 72.4 Å². The van der Waals surface area contributed by atoms with Gasteiger partial charge in [-0.3, -0.25) is 9.59 Å². The fourth-order valence-electron chi connectivity index (χ4n) is 3.61. The Bertz CT molecular complexity index is 1310. The molecule has 0 unspecified atom stereocenters. The maximum Gasteiger partial charge on any atom is 0.237 e. The van der Waals surface area contributed by atoms with Gasteiger partial charge < -0.3 is 10.2 Å². The van der Waals surface area contributed by atoms with Crippen molar-refractivity contribution in [1.82, 2.24) is 9.97 Å². The number of hydrogen-bond donors (Lipinski definition) is 1. The van der Waals surface area contributed by atoms with Crippen molar-refractivity contribution in [2.45, 2.75) is 15.8 Å². The van der Waals surface area contributed by atoms with Crippen LogP contribution in [0, 0.1) is 0 Å². The van der Waals surface area contributed by atoms with Crippen molar-refractivity contribution >= 4 is 68.3 Å². The molecular weight excluding hydrogens is 472 g/mol. The summed E-state index contributed by atoms with van der Waals surface area (Å²) in [6.07, 6.45) is 2.62. The van der Waals surface area contributed by atoms with E-state index in [0.29, 0.717) is 11.5 Å². The molecule has 0 bridgehead atoms. The zero-order valence-corrected chi connectivity index (χ0v) is 20.0. The summed E-state index contributed by atoms with van der Waals surface area (Å²) in [5, 5.41) is 3.75. The Morgan fingerprint density at radius 3 is 2.79 bits per heavy atom. The molecule has 33 heavy (non-hydrogen) atoms. The smallest absolute Gasteiger partial charge is 0.237 e. The van der Waals surface area contributed by atoms with E-state index < -0.39 is 0 Å². The van der Waals surface area contributed by atoms with Gasteiger partial charge in [-0.15, -0.1) is 11.3 Å². The number of nitrogens with zero attached hydrogens (tertiary/aromatic N) is 3. The van der Waals surface area contributed by atoms with Crippen LogP contribution in [-0.4, -0.2) is 39.8 Å². The van der Waals surface area contributed by atoms with Crippen molar-refractivity contribution in [1.29, 1.82) is 0 Å². The monoisotopic (exact) mass is 492 g/mol. The third-order valence-corrected chi connectivity index (χ3v) is 8.24.